The Morgan fingerprint density at radius 2 is 1.93 bits per heavy atom. The summed E-state index contributed by atoms with van der Waals surface area (Å²) in [6.07, 6.45) is -5.72. The van der Waals surface area contributed by atoms with E-state index >= 15 is 0 Å². The molecule has 5 heteroatoms. The predicted octanol–water partition coefficient (Wildman–Crippen LogP) is 1.66. The second kappa shape index (κ2) is 2.85. The van der Waals surface area contributed by atoms with Gasteiger partial charge in [0.1, 0.15) is 0 Å². The van der Waals surface area contributed by atoms with Gasteiger partial charge in [0.25, 0.3) is 0 Å². The summed E-state index contributed by atoms with van der Waals surface area (Å²) in [6, 6.07) is 0.329. The fourth-order valence-electron chi connectivity index (χ4n) is 2.23. The molecule has 2 fully saturated rings. The lowest BCUT2D eigenvalue weighted by molar-refractivity contribution is -0.352. The van der Waals surface area contributed by atoms with Gasteiger partial charge in [-0.1, -0.05) is 0 Å². The number of alkyl halides is 3. The van der Waals surface area contributed by atoms with Gasteiger partial charge in [-0.15, -0.1) is 0 Å². The first kappa shape index (κ1) is 10.2. The van der Waals surface area contributed by atoms with Gasteiger partial charge in [0.05, 0.1) is 12.0 Å². The van der Waals surface area contributed by atoms with Crippen molar-refractivity contribution in [3.8, 4) is 0 Å². The average molecular weight is 209 g/mol. The van der Waals surface area contributed by atoms with Crippen LogP contribution >= 0.6 is 0 Å². The second-order valence-electron chi connectivity index (χ2n) is 4.59. The summed E-state index contributed by atoms with van der Waals surface area (Å²) in [7, 11) is 0. The zero-order valence-corrected chi connectivity index (χ0v) is 8.27. The van der Waals surface area contributed by atoms with E-state index in [1.807, 2.05) is 18.7 Å². The van der Waals surface area contributed by atoms with E-state index in [0.717, 1.165) is 0 Å². The first-order valence-electron chi connectivity index (χ1n) is 4.77. The van der Waals surface area contributed by atoms with Gasteiger partial charge in [0.2, 0.25) is 0 Å². The van der Waals surface area contributed by atoms with Gasteiger partial charge in [-0.2, -0.15) is 13.2 Å². The molecular weight excluding hydrogens is 195 g/mol. The van der Waals surface area contributed by atoms with Crippen molar-refractivity contribution in [2.24, 2.45) is 5.41 Å². The highest BCUT2D eigenvalue weighted by molar-refractivity contribution is 5.08. The quantitative estimate of drug-likeness (QED) is 0.651. The van der Waals surface area contributed by atoms with Crippen molar-refractivity contribution >= 4 is 0 Å². The summed E-state index contributed by atoms with van der Waals surface area (Å²) in [4.78, 5) is 2.04. The monoisotopic (exact) mass is 209 g/mol. The van der Waals surface area contributed by atoms with E-state index in [4.69, 9.17) is 0 Å². The van der Waals surface area contributed by atoms with Crippen LogP contribution < -0.4 is 0 Å². The van der Waals surface area contributed by atoms with E-state index in [1.165, 1.54) is 0 Å². The van der Waals surface area contributed by atoms with Crippen LogP contribution in [0, 0.1) is 5.41 Å². The van der Waals surface area contributed by atoms with Gasteiger partial charge in [0, 0.05) is 19.1 Å². The van der Waals surface area contributed by atoms with Crippen molar-refractivity contribution in [2.75, 3.05) is 19.7 Å². The van der Waals surface area contributed by atoms with Gasteiger partial charge in [-0.05, 0) is 13.8 Å². The van der Waals surface area contributed by atoms with Crippen molar-refractivity contribution in [2.45, 2.75) is 32.2 Å². The Morgan fingerprint density at radius 3 is 2.21 bits per heavy atom. The molecule has 1 spiro atoms. The molecule has 14 heavy (non-hydrogen) atoms. The zero-order valence-electron chi connectivity index (χ0n) is 8.27. The van der Waals surface area contributed by atoms with Crippen LogP contribution in [0.15, 0.2) is 0 Å². The normalized spacial score (nSPS) is 31.7. The lowest BCUT2D eigenvalue weighted by Gasteiger charge is -2.61. The molecule has 82 valence electrons. The standard InChI is InChI=1S/C9H14F3NO/c1-6(2)13-3-8(4-13)5-14-7(8)9(10,11)12/h6-7H,3-5H2,1-2H3. The fraction of sp³-hybridized carbons (Fsp3) is 1.00. The third-order valence-corrected chi connectivity index (χ3v) is 3.16. The van der Waals surface area contributed by atoms with Gasteiger partial charge in [-0.3, -0.25) is 4.90 Å². The Morgan fingerprint density at radius 1 is 1.36 bits per heavy atom. The summed E-state index contributed by atoms with van der Waals surface area (Å²) >= 11 is 0. The maximum atomic E-state index is 12.4. The van der Waals surface area contributed by atoms with Gasteiger partial charge in [-0.25, -0.2) is 0 Å². The summed E-state index contributed by atoms with van der Waals surface area (Å²) < 4.78 is 41.8. The van der Waals surface area contributed by atoms with E-state index in [0.29, 0.717) is 19.1 Å². The lowest BCUT2D eigenvalue weighted by Crippen LogP contribution is -2.74. The van der Waals surface area contributed by atoms with E-state index in [2.05, 4.69) is 4.74 Å². The van der Waals surface area contributed by atoms with E-state index in [-0.39, 0.29) is 6.61 Å². The average Bonchev–Trinajstić information content (AvgIpc) is 1.74. The smallest absolute Gasteiger partial charge is 0.367 e. The maximum Gasteiger partial charge on any atom is 0.415 e. The van der Waals surface area contributed by atoms with E-state index in [1.54, 1.807) is 0 Å². The molecule has 1 unspecified atom stereocenters. The molecule has 2 aliphatic rings. The topological polar surface area (TPSA) is 12.5 Å². The van der Waals surface area contributed by atoms with E-state index in [9.17, 15) is 13.2 Å². The van der Waals surface area contributed by atoms with Crippen molar-refractivity contribution in [3.05, 3.63) is 0 Å². The third-order valence-electron chi connectivity index (χ3n) is 3.16. The largest absolute Gasteiger partial charge is 0.415 e. The Hall–Kier alpha value is -0.290. The molecule has 0 aromatic rings. The summed E-state index contributed by atoms with van der Waals surface area (Å²) in [6.45, 7) is 5.30. The van der Waals surface area contributed by atoms with Crippen LogP contribution in [0.1, 0.15) is 13.8 Å². The van der Waals surface area contributed by atoms with Crippen molar-refractivity contribution in [1.82, 2.24) is 4.90 Å². The highest BCUT2D eigenvalue weighted by Gasteiger charge is 2.66. The third kappa shape index (κ3) is 1.34. The molecule has 0 amide bonds. The first-order chi connectivity index (χ1) is 6.35. The molecule has 2 saturated heterocycles. The Balaban J connectivity index is 1.96. The number of halogens is 3. The van der Waals surface area contributed by atoms with Crippen molar-refractivity contribution < 1.29 is 17.9 Å². The number of rotatable bonds is 1. The van der Waals surface area contributed by atoms with Crippen LogP contribution in [-0.4, -0.2) is 42.9 Å². The van der Waals surface area contributed by atoms with Gasteiger partial charge in [0.15, 0.2) is 6.10 Å². The molecule has 2 rings (SSSR count). The Bertz CT molecular complexity index is 233. The highest BCUT2D eigenvalue weighted by atomic mass is 19.4. The minimum Gasteiger partial charge on any atom is -0.367 e. The first-order valence-corrected chi connectivity index (χ1v) is 4.77. The molecule has 0 aromatic carbocycles. The predicted molar refractivity (Wildman–Crippen MR) is 44.9 cm³/mol. The lowest BCUT2D eigenvalue weighted by atomic mass is 9.70. The molecule has 0 bridgehead atoms. The molecular formula is C9H14F3NO. The van der Waals surface area contributed by atoms with E-state index < -0.39 is 17.7 Å². The second-order valence-corrected chi connectivity index (χ2v) is 4.59. The van der Waals surface area contributed by atoms with Crippen LogP contribution in [0.5, 0.6) is 0 Å². The van der Waals surface area contributed by atoms with Crippen LogP contribution in [0.25, 0.3) is 0 Å². The van der Waals surface area contributed by atoms with Crippen LogP contribution in [0.3, 0.4) is 0 Å². The molecule has 1 atom stereocenters. The molecule has 0 N–H and O–H groups in total. The SMILES string of the molecule is CC(C)N1CC2(COC2C(F)(F)F)C1. The molecule has 2 nitrogen and oxygen atoms in total. The molecule has 0 saturated carbocycles. The van der Waals surface area contributed by atoms with Crippen LogP contribution in [0.4, 0.5) is 13.2 Å². The van der Waals surface area contributed by atoms with Crippen LogP contribution in [-0.2, 0) is 4.74 Å². The molecule has 2 heterocycles. The molecule has 0 aromatic heterocycles. The number of ether oxygens (including phenoxy) is 1. The summed E-state index contributed by atoms with van der Waals surface area (Å²) in [5, 5.41) is 0. The molecule has 0 aliphatic carbocycles. The minimum absolute atomic E-state index is 0.264. The van der Waals surface area contributed by atoms with Crippen LogP contribution in [0.2, 0.25) is 0 Å². The summed E-state index contributed by atoms with van der Waals surface area (Å²) in [5.41, 5.74) is -0.622. The molecule has 2 aliphatic heterocycles. The number of hydrogen-bond acceptors (Lipinski definition) is 2. The Kier molecular flexibility index (Phi) is 2.09. The Labute approximate surface area is 81.0 Å². The maximum absolute atomic E-state index is 12.4. The van der Waals surface area contributed by atoms with Gasteiger partial charge < -0.3 is 4.74 Å². The number of likely N-dealkylation sites (tertiary alicyclic amines) is 1. The zero-order chi connectivity index (χ0) is 10.6. The summed E-state index contributed by atoms with van der Waals surface area (Å²) in [5.74, 6) is 0. The highest BCUT2D eigenvalue weighted by Crippen LogP contribution is 2.50. The van der Waals surface area contributed by atoms with Crippen molar-refractivity contribution in [3.63, 3.8) is 0 Å². The molecule has 0 radical (unpaired) electrons. The number of hydrogen-bond donors (Lipinski definition) is 0. The van der Waals surface area contributed by atoms with Gasteiger partial charge >= 0.3 is 6.18 Å². The minimum atomic E-state index is -4.19. The number of nitrogens with zero attached hydrogens (tertiary/aromatic N) is 1. The fourth-order valence-corrected chi connectivity index (χ4v) is 2.23. The van der Waals surface area contributed by atoms with Crippen molar-refractivity contribution in [1.29, 1.82) is 0 Å².